The summed E-state index contributed by atoms with van der Waals surface area (Å²) in [6.07, 6.45) is 0.0303. The van der Waals surface area contributed by atoms with Crippen LogP contribution in [0.5, 0.6) is 11.5 Å². The predicted molar refractivity (Wildman–Crippen MR) is 82.7 cm³/mol. The fourth-order valence-corrected chi connectivity index (χ4v) is 2.05. The number of carbonyl (C=O) groups is 1. The average molecular weight is 324 g/mol. The summed E-state index contributed by atoms with van der Waals surface area (Å²) in [6, 6.07) is 12.0. The molecule has 0 radical (unpaired) electrons. The molecule has 0 aromatic heterocycles. The smallest absolute Gasteiger partial charge is 0.310 e. The number of rotatable bonds is 5. The number of carbonyl (C=O) groups excluding carboxylic acids is 1. The summed E-state index contributed by atoms with van der Waals surface area (Å²) in [7, 11) is 0. The van der Waals surface area contributed by atoms with Gasteiger partial charge in [-0.15, -0.1) is 0 Å². The first-order valence-electron chi connectivity index (χ1n) is 7.13. The van der Waals surface area contributed by atoms with Crippen LogP contribution in [0.25, 0.3) is 0 Å². The van der Waals surface area contributed by atoms with E-state index in [0.29, 0.717) is 5.56 Å². The Kier molecular flexibility index (Phi) is 5.49. The average Bonchev–Trinajstić information content (AvgIpc) is 2.54. The second kappa shape index (κ2) is 7.75. The zero-order chi connectivity index (χ0) is 17.5. The van der Waals surface area contributed by atoms with E-state index >= 15 is 0 Å². The normalized spacial score (nSPS) is 9.67. The van der Waals surface area contributed by atoms with Crippen molar-refractivity contribution < 1.29 is 18.7 Å². The lowest BCUT2D eigenvalue weighted by molar-refractivity contribution is -0.142. The van der Waals surface area contributed by atoms with E-state index in [0.717, 1.165) is 12.1 Å². The number of hydrogen-bond donors (Lipinski definition) is 0. The van der Waals surface area contributed by atoms with Gasteiger partial charge >= 0.3 is 5.97 Å². The van der Waals surface area contributed by atoms with Crippen LogP contribution in [0.4, 0.5) is 4.39 Å². The zero-order valence-electron chi connectivity index (χ0n) is 12.9. The van der Waals surface area contributed by atoms with Crippen LogP contribution in [0, 0.1) is 28.5 Å². The summed E-state index contributed by atoms with van der Waals surface area (Å²) in [5.41, 5.74) is 0.927. The third-order valence-electron chi connectivity index (χ3n) is 3.05. The minimum atomic E-state index is -0.620. The molecule has 2 aromatic carbocycles. The van der Waals surface area contributed by atoms with E-state index < -0.39 is 11.8 Å². The molecule has 0 saturated heterocycles. The van der Waals surface area contributed by atoms with Crippen molar-refractivity contribution in [2.45, 2.75) is 13.3 Å². The Hall–Kier alpha value is -3.38. The van der Waals surface area contributed by atoms with Crippen molar-refractivity contribution in [1.29, 1.82) is 10.5 Å². The molecule has 0 N–H and O–H groups in total. The van der Waals surface area contributed by atoms with E-state index in [2.05, 4.69) is 0 Å². The highest BCUT2D eigenvalue weighted by Gasteiger charge is 2.11. The summed E-state index contributed by atoms with van der Waals surface area (Å²) in [4.78, 5) is 11.6. The molecule has 0 aliphatic carbocycles. The van der Waals surface area contributed by atoms with Gasteiger partial charge < -0.3 is 9.47 Å². The Morgan fingerprint density at radius 3 is 2.62 bits per heavy atom. The van der Waals surface area contributed by atoms with Crippen LogP contribution >= 0.6 is 0 Å². The van der Waals surface area contributed by atoms with Crippen molar-refractivity contribution in [3.05, 3.63) is 58.9 Å². The molecule has 2 rings (SSSR count). The summed E-state index contributed by atoms with van der Waals surface area (Å²) in [5, 5.41) is 18.0. The first-order chi connectivity index (χ1) is 11.5. The van der Waals surface area contributed by atoms with Crippen molar-refractivity contribution in [3.8, 4) is 23.6 Å². The molecule has 0 atom stereocenters. The molecule has 0 heterocycles. The van der Waals surface area contributed by atoms with Gasteiger partial charge in [0, 0.05) is 6.07 Å². The van der Waals surface area contributed by atoms with Gasteiger partial charge in [0.2, 0.25) is 0 Å². The van der Waals surface area contributed by atoms with E-state index in [1.54, 1.807) is 13.0 Å². The first-order valence-corrected chi connectivity index (χ1v) is 7.13. The molecule has 0 aliphatic rings. The third-order valence-corrected chi connectivity index (χ3v) is 3.05. The number of benzene rings is 2. The maximum absolute atomic E-state index is 13.5. The van der Waals surface area contributed by atoms with E-state index in [-0.39, 0.29) is 35.7 Å². The van der Waals surface area contributed by atoms with E-state index in [1.807, 2.05) is 12.1 Å². The maximum Gasteiger partial charge on any atom is 0.310 e. The zero-order valence-corrected chi connectivity index (χ0v) is 12.9. The molecule has 120 valence electrons. The van der Waals surface area contributed by atoms with Gasteiger partial charge in [-0.1, -0.05) is 6.07 Å². The molecular weight excluding hydrogens is 311 g/mol. The molecule has 0 unspecified atom stereocenters. The molecule has 0 amide bonds. The summed E-state index contributed by atoms with van der Waals surface area (Å²) in [6.45, 7) is 1.99. The monoisotopic (exact) mass is 324 g/mol. The van der Waals surface area contributed by atoms with Gasteiger partial charge in [-0.25, -0.2) is 4.39 Å². The Bertz CT molecular complexity index is 850. The Balaban J connectivity index is 2.31. The van der Waals surface area contributed by atoms with Gasteiger partial charge in [0.15, 0.2) is 0 Å². The van der Waals surface area contributed by atoms with Crippen LogP contribution in [-0.4, -0.2) is 12.6 Å². The number of esters is 1. The second-order valence-electron chi connectivity index (χ2n) is 4.81. The van der Waals surface area contributed by atoms with Crippen molar-refractivity contribution in [2.24, 2.45) is 0 Å². The number of nitriles is 2. The van der Waals surface area contributed by atoms with Crippen molar-refractivity contribution >= 4 is 5.97 Å². The van der Waals surface area contributed by atoms with Crippen molar-refractivity contribution in [3.63, 3.8) is 0 Å². The maximum atomic E-state index is 13.5. The van der Waals surface area contributed by atoms with Gasteiger partial charge in [0.05, 0.1) is 30.2 Å². The third kappa shape index (κ3) is 4.31. The van der Waals surface area contributed by atoms with Gasteiger partial charge in [-0.3, -0.25) is 4.79 Å². The SMILES string of the molecule is CCOC(=O)Cc1ccc(C#N)c(Oc2cc(F)cc(C#N)c2)c1. The van der Waals surface area contributed by atoms with Gasteiger partial charge in [-0.2, -0.15) is 10.5 Å². The van der Waals surface area contributed by atoms with Crippen molar-refractivity contribution in [2.75, 3.05) is 6.61 Å². The quantitative estimate of drug-likeness (QED) is 0.786. The van der Waals surface area contributed by atoms with E-state index in [4.69, 9.17) is 20.0 Å². The lowest BCUT2D eigenvalue weighted by Gasteiger charge is -2.10. The Labute approximate surface area is 138 Å². The molecule has 6 heteroatoms. The Morgan fingerprint density at radius 1 is 1.17 bits per heavy atom. The second-order valence-corrected chi connectivity index (χ2v) is 4.81. The Morgan fingerprint density at radius 2 is 1.96 bits per heavy atom. The van der Waals surface area contributed by atoms with Crippen LogP contribution in [0.3, 0.4) is 0 Å². The number of nitrogens with zero attached hydrogens (tertiary/aromatic N) is 2. The fourth-order valence-electron chi connectivity index (χ4n) is 2.05. The lowest BCUT2D eigenvalue weighted by Crippen LogP contribution is -2.07. The van der Waals surface area contributed by atoms with Gasteiger partial charge in [-0.05, 0) is 36.8 Å². The van der Waals surface area contributed by atoms with Crippen LogP contribution < -0.4 is 4.74 Å². The fraction of sp³-hybridized carbons (Fsp3) is 0.167. The summed E-state index contributed by atoms with van der Waals surface area (Å²) >= 11 is 0. The number of ether oxygens (including phenoxy) is 2. The topological polar surface area (TPSA) is 83.1 Å². The van der Waals surface area contributed by atoms with Crippen LogP contribution in [0.15, 0.2) is 36.4 Å². The minimum absolute atomic E-state index is 0.0303. The van der Waals surface area contributed by atoms with Gasteiger partial charge in [0.1, 0.15) is 23.4 Å². The highest BCUT2D eigenvalue weighted by molar-refractivity contribution is 5.73. The van der Waals surface area contributed by atoms with Crippen molar-refractivity contribution in [1.82, 2.24) is 0 Å². The minimum Gasteiger partial charge on any atom is -0.466 e. The first kappa shape index (κ1) is 17.0. The molecular formula is C18H13FN2O3. The molecule has 2 aromatic rings. The summed E-state index contributed by atoms with van der Waals surface area (Å²) < 4.78 is 23.9. The highest BCUT2D eigenvalue weighted by atomic mass is 19.1. The molecule has 0 spiro atoms. The van der Waals surface area contributed by atoms with Gasteiger partial charge in [0.25, 0.3) is 0 Å². The largest absolute Gasteiger partial charge is 0.466 e. The number of hydrogen-bond acceptors (Lipinski definition) is 5. The van der Waals surface area contributed by atoms with E-state index in [1.165, 1.54) is 18.2 Å². The van der Waals surface area contributed by atoms with Crippen LogP contribution in [-0.2, 0) is 16.0 Å². The predicted octanol–water partition coefficient (Wildman–Crippen LogP) is 3.47. The molecule has 0 aliphatic heterocycles. The standard InChI is InChI=1S/C18H13FN2O3/c1-2-23-18(22)8-12-3-4-14(11-21)17(7-12)24-16-6-13(10-20)5-15(19)9-16/h3-7,9H,2,8H2,1H3. The molecule has 24 heavy (non-hydrogen) atoms. The molecule has 5 nitrogen and oxygen atoms in total. The number of halogens is 1. The van der Waals surface area contributed by atoms with Crippen LogP contribution in [0.2, 0.25) is 0 Å². The van der Waals surface area contributed by atoms with Crippen LogP contribution in [0.1, 0.15) is 23.6 Å². The van der Waals surface area contributed by atoms with E-state index in [9.17, 15) is 9.18 Å². The molecule has 0 bridgehead atoms. The molecule has 0 fully saturated rings. The summed E-state index contributed by atoms with van der Waals surface area (Å²) in [5.74, 6) is -0.749. The highest BCUT2D eigenvalue weighted by Crippen LogP contribution is 2.28. The molecule has 0 saturated carbocycles. The lowest BCUT2D eigenvalue weighted by atomic mass is 10.1.